The zero-order valence-electron chi connectivity index (χ0n) is 13.3. The van der Waals surface area contributed by atoms with Crippen molar-refractivity contribution in [3.05, 3.63) is 71.3 Å². The number of aryl methyl sites for hydroxylation is 1. The number of carbonyl (C=O) groups is 1. The molecule has 0 radical (unpaired) electrons. The van der Waals surface area contributed by atoms with Crippen molar-refractivity contribution in [3.63, 3.8) is 0 Å². The van der Waals surface area contributed by atoms with Crippen LogP contribution in [0.1, 0.15) is 18.1 Å². The van der Waals surface area contributed by atoms with Gasteiger partial charge in [0, 0.05) is 0 Å². The number of benzene rings is 2. The summed E-state index contributed by atoms with van der Waals surface area (Å²) < 4.78 is 5.38. The maximum absolute atomic E-state index is 11.7. The van der Waals surface area contributed by atoms with E-state index in [9.17, 15) is 4.79 Å². The van der Waals surface area contributed by atoms with Gasteiger partial charge in [-0.25, -0.2) is 5.43 Å². The van der Waals surface area contributed by atoms with Gasteiger partial charge in [0.05, 0.1) is 6.21 Å². The van der Waals surface area contributed by atoms with E-state index in [-0.39, 0.29) is 12.5 Å². The molecule has 0 aliphatic rings. The molecule has 2 rings (SSSR count). The number of carbonyl (C=O) groups excluding carboxylic acids is 1. The van der Waals surface area contributed by atoms with Crippen LogP contribution in [0.15, 0.2) is 65.3 Å². The topological polar surface area (TPSA) is 50.7 Å². The second kappa shape index (κ2) is 8.54. The molecule has 0 heterocycles. The number of hydrazone groups is 1. The van der Waals surface area contributed by atoms with Gasteiger partial charge in [0.15, 0.2) is 6.61 Å². The van der Waals surface area contributed by atoms with E-state index in [1.165, 1.54) is 0 Å². The lowest BCUT2D eigenvalue weighted by atomic mass is 10.1. The van der Waals surface area contributed by atoms with Gasteiger partial charge in [-0.3, -0.25) is 4.79 Å². The van der Waals surface area contributed by atoms with Gasteiger partial charge in [-0.15, -0.1) is 0 Å². The molecule has 0 aliphatic carbocycles. The second-order valence-corrected chi connectivity index (χ2v) is 5.19. The molecule has 0 unspecified atom stereocenters. The third-order valence-corrected chi connectivity index (χ3v) is 3.04. The van der Waals surface area contributed by atoms with E-state index in [1.807, 2.05) is 74.5 Å². The lowest BCUT2D eigenvalue weighted by Gasteiger charge is -2.05. The number of ether oxygens (including phenoxy) is 1. The molecule has 0 saturated carbocycles. The lowest BCUT2D eigenvalue weighted by Crippen LogP contribution is -2.24. The van der Waals surface area contributed by atoms with Crippen LogP contribution >= 0.6 is 0 Å². The maximum Gasteiger partial charge on any atom is 0.277 e. The van der Waals surface area contributed by atoms with Gasteiger partial charge < -0.3 is 4.74 Å². The number of nitrogens with zero attached hydrogens (tertiary/aromatic N) is 1. The summed E-state index contributed by atoms with van der Waals surface area (Å²) in [6.07, 6.45) is 3.59. The number of rotatable bonds is 6. The van der Waals surface area contributed by atoms with Crippen molar-refractivity contribution in [2.24, 2.45) is 5.10 Å². The number of amides is 1. The van der Waals surface area contributed by atoms with Gasteiger partial charge in [0.2, 0.25) is 0 Å². The molecule has 0 fully saturated rings. The van der Waals surface area contributed by atoms with Crippen LogP contribution in [0.2, 0.25) is 0 Å². The second-order valence-electron chi connectivity index (χ2n) is 5.19. The van der Waals surface area contributed by atoms with E-state index in [0.29, 0.717) is 5.75 Å². The van der Waals surface area contributed by atoms with Crippen molar-refractivity contribution >= 4 is 18.2 Å². The molecule has 2 aromatic carbocycles. The molecule has 23 heavy (non-hydrogen) atoms. The Labute approximate surface area is 136 Å². The highest BCUT2D eigenvalue weighted by Crippen LogP contribution is 2.10. The van der Waals surface area contributed by atoms with Crippen LogP contribution in [0.25, 0.3) is 6.08 Å². The fraction of sp³-hybridized carbons (Fsp3) is 0.158. The van der Waals surface area contributed by atoms with E-state index in [0.717, 1.165) is 16.7 Å². The van der Waals surface area contributed by atoms with Crippen molar-refractivity contribution in [2.75, 3.05) is 6.61 Å². The van der Waals surface area contributed by atoms with Crippen LogP contribution in [0.3, 0.4) is 0 Å². The molecular formula is C19H20N2O2. The van der Waals surface area contributed by atoms with Crippen LogP contribution in [0, 0.1) is 6.92 Å². The van der Waals surface area contributed by atoms with E-state index in [4.69, 9.17) is 4.74 Å². The molecule has 2 aromatic rings. The molecule has 1 N–H and O–H groups in total. The van der Waals surface area contributed by atoms with Crippen molar-refractivity contribution < 1.29 is 9.53 Å². The molecule has 0 spiro atoms. The van der Waals surface area contributed by atoms with Crippen molar-refractivity contribution in [1.29, 1.82) is 0 Å². The lowest BCUT2D eigenvalue weighted by molar-refractivity contribution is -0.123. The summed E-state index contributed by atoms with van der Waals surface area (Å²) in [5.74, 6) is 0.365. The number of hydrogen-bond donors (Lipinski definition) is 1. The highest BCUT2D eigenvalue weighted by atomic mass is 16.5. The van der Waals surface area contributed by atoms with Gasteiger partial charge in [-0.05, 0) is 37.1 Å². The molecule has 0 aromatic heterocycles. The number of allylic oxidation sites excluding steroid dienone is 1. The summed E-state index contributed by atoms with van der Waals surface area (Å²) in [5.41, 5.74) is 5.62. The Bertz CT molecular complexity index is 689. The first-order chi connectivity index (χ1) is 11.1. The number of hydrogen-bond acceptors (Lipinski definition) is 3. The quantitative estimate of drug-likeness (QED) is 0.655. The Morgan fingerprint density at radius 1 is 1.13 bits per heavy atom. The highest BCUT2D eigenvalue weighted by molar-refractivity contribution is 5.86. The van der Waals surface area contributed by atoms with Gasteiger partial charge in [0.25, 0.3) is 5.91 Å². The predicted molar refractivity (Wildman–Crippen MR) is 93.4 cm³/mol. The normalized spacial score (nSPS) is 11.5. The average Bonchev–Trinajstić information content (AvgIpc) is 2.55. The molecule has 0 bridgehead atoms. The Hall–Kier alpha value is -2.88. The maximum atomic E-state index is 11.7. The van der Waals surface area contributed by atoms with Crippen molar-refractivity contribution in [3.8, 4) is 5.75 Å². The molecule has 0 aliphatic heterocycles. The van der Waals surface area contributed by atoms with Crippen molar-refractivity contribution in [1.82, 2.24) is 5.43 Å². The summed E-state index contributed by atoms with van der Waals surface area (Å²) in [5, 5.41) is 3.92. The monoisotopic (exact) mass is 308 g/mol. The Balaban J connectivity index is 1.77. The van der Waals surface area contributed by atoms with Crippen molar-refractivity contribution in [2.45, 2.75) is 13.8 Å². The number of nitrogens with one attached hydrogen (secondary N) is 1. The highest BCUT2D eigenvalue weighted by Gasteiger charge is 2.00. The van der Waals surface area contributed by atoms with Gasteiger partial charge >= 0.3 is 0 Å². The summed E-state index contributed by atoms with van der Waals surface area (Å²) in [6.45, 7) is 3.85. The smallest absolute Gasteiger partial charge is 0.277 e. The third-order valence-electron chi connectivity index (χ3n) is 3.04. The van der Waals surface area contributed by atoms with E-state index in [2.05, 4.69) is 10.5 Å². The minimum atomic E-state index is -0.297. The summed E-state index contributed by atoms with van der Waals surface area (Å²) in [4.78, 5) is 11.7. The zero-order valence-corrected chi connectivity index (χ0v) is 13.3. The van der Waals surface area contributed by atoms with Gasteiger partial charge in [-0.2, -0.15) is 5.10 Å². The summed E-state index contributed by atoms with van der Waals surface area (Å²) >= 11 is 0. The fourth-order valence-electron chi connectivity index (χ4n) is 1.87. The van der Waals surface area contributed by atoms with Crippen LogP contribution in [-0.4, -0.2) is 18.7 Å². The van der Waals surface area contributed by atoms with Crippen LogP contribution in [-0.2, 0) is 4.79 Å². The molecular weight excluding hydrogens is 288 g/mol. The minimum absolute atomic E-state index is 0.0676. The first-order valence-electron chi connectivity index (χ1n) is 7.38. The van der Waals surface area contributed by atoms with Gasteiger partial charge in [-0.1, -0.05) is 54.1 Å². The fourth-order valence-corrected chi connectivity index (χ4v) is 1.87. The standard InChI is InChI=1S/C19H20N2O2/c1-15-8-10-18(11-9-15)23-14-19(22)21-20-13-16(2)12-17-6-4-3-5-7-17/h3-13H,14H2,1-2H3,(H,21,22)/b16-12+,20-13+. The van der Waals surface area contributed by atoms with E-state index >= 15 is 0 Å². The summed E-state index contributed by atoms with van der Waals surface area (Å²) in [7, 11) is 0. The third kappa shape index (κ3) is 6.18. The SMILES string of the molecule is CC(/C=N/NC(=O)COc1ccc(C)cc1)=C\c1ccccc1. The molecule has 4 nitrogen and oxygen atoms in total. The Morgan fingerprint density at radius 2 is 1.83 bits per heavy atom. The first kappa shape index (κ1) is 16.5. The summed E-state index contributed by atoms with van der Waals surface area (Å²) in [6, 6.07) is 17.5. The predicted octanol–water partition coefficient (Wildman–Crippen LogP) is 3.58. The molecule has 1 amide bonds. The van der Waals surface area contributed by atoms with E-state index in [1.54, 1.807) is 6.21 Å². The van der Waals surface area contributed by atoms with Crippen LogP contribution in [0.5, 0.6) is 5.75 Å². The van der Waals surface area contributed by atoms with Crippen LogP contribution < -0.4 is 10.2 Å². The molecule has 0 atom stereocenters. The minimum Gasteiger partial charge on any atom is -0.484 e. The Kier molecular flexibility index (Phi) is 6.12. The Morgan fingerprint density at radius 3 is 2.52 bits per heavy atom. The van der Waals surface area contributed by atoms with E-state index < -0.39 is 0 Å². The zero-order chi connectivity index (χ0) is 16.5. The van der Waals surface area contributed by atoms with Crippen LogP contribution in [0.4, 0.5) is 0 Å². The molecule has 118 valence electrons. The molecule has 4 heteroatoms. The van der Waals surface area contributed by atoms with Gasteiger partial charge in [0.1, 0.15) is 5.75 Å². The largest absolute Gasteiger partial charge is 0.484 e. The molecule has 0 saturated heterocycles. The average molecular weight is 308 g/mol. The first-order valence-corrected chi connectivity index (χ1v) is 7.38.